The van der Waals surface area contributed by atoms with Crippen molar-refractivity contribution in [2.45, 2.75) is 51.6 Å². The molecule has 0 aromatic carbocycles. The van der Waals surface area contributed by atoms with Gasteiger partial charge in [0.1, 0.15) is 6.04 Å². The van der Waals surface area contributed by atoms with Crippen molar-refractivity contribution in [1.82, 2.24) is 5.32 Å². The summed E-state index contributed by atoms with van der Waals surface area (Å²) in [5.41, 5.74) is 5.37. The zero-order valence-corrected chi connectivity index (χ0v) is 11.3. The van der Waals surface area contributed by atoms with E-state index in [1.54, 1.807) is 0 Å². The molecule has 0 radical (unpaired) electrons. The van der Waals surface area contributed by atoms with E-state index in [4.69, 9.17) is 10.5 Å². The van der Waals surface area contributed by atoms with E-state index >= 15 is 0 Å². The molecule has 2 unspecified atom stereocenters. The number of hydrogen-bond acceptors (Lipinski definition) is 6. The first-order chi connectivity index (χ1) is 8.88. The maximum Gasteiger partial charge on any atom is 0.328 e. The Bertz CT molecular complexity index is 317. The summed E-state index contributed by atoms with van der Waals surface area (Å²) in [5, 5.41) is 12.8. The van der Waals surface area contributed by atoms with Crippen LogP contribution in [0.1, 0.15) is 39.5 Å². The van der Waals surface area contributed by atoms with Crippen LogP contribution in [0, 0.1) is 0 Å². The summed E-state index contributed by atoms with van der Waals surface area (Å²) < 4.78 is 4.95. The van der Waals surface area contributed by atoms with Crippen molar-refractivity contribution in [2.24, 2.45) is 5.73 Å². The number of aliphatic carboxylic acids is 1. The van der Waals surface area contributed by atoms with E-state index in [1.807, 2.05) is 6.92 Å². The molecule has 0 aromatic rings. The fraction of sp³-hybridized carbons (Fsp3) is 0.750. The Labute approximate surface area is 112 Å². The van der Waals surface area contributed by atoms with E-state index < -0.39 is 29.9 Å². The lowest BCUT2D eigenvalue weighted by molar-refractivity contribution is -0.305. The van der Waals surface area contributed by atoms with Crippen LogP contribution >= 0.6 is 0 Å². The number of carbonyl (C=O) groups excluding carboxylic acids is 3. The van der Waals surface area contributed by atoms with Gasteiger partial charge < -0.3 is 25.7 Å². The number of esters is 1. The maximum absolute atomic E-state index is 11.7. The highest BCUT2D eigenvalue weighted by atomic mass is 16.5. The Hall–Kier alpha value is -1.63. The summed E-state index contributed by atoms with van der Waals surface area (Å²) in [6.45, 7) is 3.65. The lowest BCUT2D eigenvalue weighted by Gasteiger charge is -2.19. The fourth-order valence-electron chi connectivity index (χ4n) is 1.23. The number of hydrogen-bond donors (Lipinski definition) is 2. The molecule has 0 aromatic heterocycles. The molecule has 0 aliphatic rings. The van der Waals surface area contributed by atoms with Crippen LogP contribution in [0.15, 0.2) is 0 Å². The van der Waals surface area contributed by atoms with E-state index in [9.17, 15) is 19.5 Å². The van der Waals surface area contributed by atoms with Gasteiger partial charge in [-0.3, -0.25) is 4.79 Å². The number of carbonyl (C=O) groups is 3. The third-order valence-corrected chi connectivity index (χ3v) is 2.39. The highest BCUT2D eigenvalue weighted by Crippen LogP contribution is 2.02. The second-order valence-corrected chi connectivity index (χ2v) is 4.28. The van der Waals surface area contributed by atoms with Crippen molar-refractivity contribution >= 4 is 17.8 Å². The molecule has 1 amide bonds. The van der Waals surface area contributed by atoms with Crippen LogP contribution in [-0.4, -0.2) is 36.5 Å². The average molecular weight is 273 g/mol. The molecule has 7 heteroatoms. The number of nitrogens with one attached hydrogen (secondary N) is 1. The lowest BCUT2D eigenvalue weighted by atomic mass is 10.1. The fourth-order valence-corrected chi connectivity index (χ4v) is 1.23. The van der Waals surface area contributed by atoms with Crippen LogP contribution in [0.5, 0.6) is 0 Å². The van der Waals surface area contributed by atoms with Gasteiger partial charge in [0.25, 0.3) is 0 Å². The van der Waals surface area contributed by atoms with Crippen molar-refractivity contribution < 1.29 is 24.2 Å². The molecule has 0 heterocycles. The summed E-state index contributed by atoms with van der Waals surface area (Å²) in [6, 6.07) is -1.79. The highest BCUT2D eigenvalue weighted by Gasteiger charge is 2.23. The largest absolute Gasteiger partial charge is 0.550 e. The Morgan fingerprint density at radius 3 is 2.47 bits per heavy atom. The van der Waals surface area contributed by atoms with Crippen molar-refractivity contribution in [3.05, 3.63) is 0 Å². The summed E-state index contributed by atoms with van der Waals surface area (Å²) >= 11 is 0. The van der Waals surface area contributed by atoms with Crippen LogP contribution in [0.3, 0.4) is 0 Å². The van der Waals surface area contributed by atoms with Gasteiger partial charge >= 0.3 is 5.97 Å². The number of carboxylic acids is 1. The van der Waals surface area contributed by atoms with Gasteiger partial charge in [0.05, 0.1) is 12.6 Å². The van der Waals surface area contributed by atoms with E-state index in [0.29, 0.717) is 6.42 Å². The Morgan fingerprint density at radius 1 is 1.37 bits per heavy atom. The second-order valence-electron chi connectivity index (χ2n) is 4.28. The molecule has 0 spiro atoms. The molecule has 2 atom stereocenters. The molecule has 0 fully saturated rings. The van der Waals surface area contributed by atoms with Crippen molar-refractivity contribution in [2.75, 3.05) is 6.61 Å². The van der Waals surface area contributed by atoms with Gasteiger partial charge in [0.15, 0.2) is 0 Å². The van der Waals surface area contributed by atoms with E-state index in [-0.39, 0.29) is 19.4 Å². The number of carboxylic acid groups (broad SMARTS) is 1. The molecule has 0 rings (SSSR count). The lowest BCUT2D eigenvalue weighted by Crippen LogP contribution is -2.48. The quantitative estimate of drug-likeness (QED) is 0.397. The molecule has 110 valence electrons. The van der Waals surface area contributed by atoms with Gasteiger partial charge in [-0.05, 0) is 26.2 Å². The standard InChI is InChI=1S/C12H22N2O5/c1-3-4-7-19-12(18)9(5-6-10(15)16)14-11(17)8(2)13/h8-9H,3-7,13H2,1-2H3,(H,14,17)(H,15,16)/p-1. The van der Waals surface area contributed by atoms with Gasteiger partial charge in [-0.25, -0.2) is 4.79 Å². The SMILES string of the molecule is CCCCOC(=O)C(CCC(=O)[O-])NC(=O)C(C)N. The van der Waals surface area contributed by atoms with Crippen LogP contribution in [0.25, 0.3) is 0 Å². The number of rotatable bonds is 9. The van der Waals surface area contributed by atoms with Crippen molar-refractivity contribution in [1.29, 1.82) is 0 Å². The van der Waals surface area contributed by atoms with Crippen LogP contribution < -0.4 is 16.2 Å². The van der Waals surface area contributed by atoms with Gasteiger partial charge in [-0.15, -0.1) is 0 Å². The first-order valence-electron chi connectivity index (χ1n) is 6.30. The monoisotopic (exact) mass is 273 g/mol. The second kappa shape index (κ2) is 9.32. The molecule has 7 nitrogen and oxygen atoms in total. The molecular formula is C12H21N2O5-. The highest BCUT2D eigenvalue weighted by molar-refractivity contribution is 5.87. The van der Waals surface area contributed by atoms with Crippen LogP contribution in [0.2, 0.25) is 0 Å². The molecule has 0 saturated heterocycles. The average Bonchev–Trinajstić information content (AvgIpc) is 2.33. The van der Waals surface area contributed by atoms with Crippen molar-refractivity contribution in [3.63, 3.8) is 0 Å². The number of nitrogens with two attached hydrogens (primary N) is 1. The van der Waals surface area contributed by atoms with Gasteiger partial charge in [-0.2, -0.15) is 0 Å². The molecular weight excluding hydrogens is 252 g/mol. The molecule has 0 aliphatic carbocycles. The third kappa shape index (κ3) is 8.15. The van der Waals surface area contributed by atoms with Crippen LogP contribution in [0.4, 0.5) is 0 Å². The Morgan fingerprint density at radius 2 is 2.00 bits per heavy atom. The maximum atomic E-state index is 11.7. The molecule has 3 N–H and O–H groups in total. The zero-order chi connectivity index (χ0) is 14.8. The molecule has 0 bridgehead atoms. The first-order valence-corrected chi connectivity index (χ1v) is 6.30. The summed E-state index contributed by atoms with van der Waals surface area (Å²) in [5.74, 6) is -2.47. The minimum atomic E-state index is -1.29. The number of amides is 1. The molecule has 0 saturated carbocycles. The van der Waals surface area contributed by atoms with E-state index in [2.05, 4.69) is 5.32 Å². The topological polar surface area (TPSA) is 122 Å². The normalized spacial score (nSPS) is 13.4. The van der Waals surface area contributed by atoms with Gasteiger partial charge in [0.2, 0.25) is 5.91 Å². The van der Waals surface area contributed by atoms with E-state index in [0.717, 1.165) is 6.42 Å². The van der Waals surface area contributed by atoms with Gasteiger partial charge in [0, 0.05) is 5.97 Å². The van der Waals surface area contributed by atoms with Gasteiger partial charge in [-0.1, -0.05) is 13.3 Å². The molecule has 0 aliphatic heterocycles. The Kier molecular flexibility index (Phi) is 8.52. The summed E-state index contributed by atoms with van der Waals surface area (Å²) in [7, 11) is 0. The minimum Gasteiger partial charge on any atom is -0.550 e. The minimum absolute atomic E-state index is 0.0776. The number of ether oxygens (including phenoxy) is 1. The molecule has 19 heavy (non-hydrogen) atoms. The summed E-state index contributed by atoms with van der Waals surface area (Å²) in [6.07, 6.45) is 1.15. The Balaban J connectivity index is 4.42. The third-order valence-electron chi connectivity index (χ3n) is 2.39. The predicted octanol–water partition coefficient (Wildman–Crippen LogP) is -1.31. The smallest absolute Gasteiger partial charge is 0.328 e. The summed E-state index contributed by atoms with van der Waals surface area (Å²) in [4.78, 5) is 33.5. The number of unbranched alkanes of at least 4 members (excludes halogenated alkanes) is 1. The zero-order valence-electron chi connectivity index (χ0n) is 11.3. The van der Waals surface area contributed by atoms with E-state index in [1.165, 1.54) is 6.92 Å². The first kappa shape index (κ1) is 17.4. The predicted molar refractivity (Wildman–Crippen MR) is 65.7 cm³/mol. The van der Waals surface area contributed by atoms with Crippen LogP contribution in [-0.2, 0) is 19.1 Å². The van der Waals surface area contributed by atoms with Crippen molar-refractivity contribution in [3.8, 4) is 0 Å².